The lowest BCUT2D eigenvalue weighted by atomic mass is 9.71. The molecule has 0 aliphatic carbocycles. The summed E-state index contributed by atoms with van der Waals surface area (Å²) < 4.78 is 53.9. The van der Waals surface area contributed by atoms with E-state index in [1.54, 1.807) is 60.1 Å². The summed E-state index contributed by atoms with van der Waals surface area (Å²) in [6.45, 7) is 24.6. The van der Waals surface area contributed by atoms with Gasteiger partial charge in [-0.05, 0) is 61.9 Å². The van der Waals surface area contributed by atoms with Gasteiger partial charge < -0.3 is 81.8 Å². The zero-order valence-corrected chi connectivity index (χ0v) is 54.1. The van der Waals surface area contributed by atoms with Crippen LogP contribution in [0.3, 0.4) is 0 Å². The normalized spacial score (nSPS) is 24.1. The number of sulfonamides is 1. The van der Waals surface area contributed by atoms with E-state index in [2.05, 4.69) is 66.1 Å². The number of aromatic nitrogens is 5. The Balaban J connectivity index is 0.000000118. The van der Waals surface area contributed by atoms with Crippen molar-refractivity contribution in [3.8, 4) is 0 Å². The molecule has 5 aromatic rings. The van der Waals surface area contributed by atoms with Crippen molar-refractivity contribution in [1.29, 1.82) is 0 Å². The van der Waals surface area contributed by atoms with Gasteiger partial charge in [0.2, 0.25) is 15.9 Å². The van der Waals surface area contributed by atoms with Gasteiger partial charge in [0, 0.05) is 148 Å². The summed E-state index contributed by atoms with van der Waals surface area (Å²) in [7, 11) is -3.22. The lowest BCUT2D eigenvalue weighted by Gasteiger charge is -2.48. The molecule has 1 amide bonds. The molecular weight excluding hydrogens is 1190 g/mol. The molecule has 10 N–H and O–H groups in total. The standard InChI is InChI=1S/C14H22N4O3S.C14H21N3O.C12H16N4O2.2C12H18N4O/c15-13-11-16-4-1-14(13)17-5-2-12(3-6-17)22(19,20)18-7-9-21-10-8-18;1-14(9-18-10-14)11-3-6-17(7-4-11)13-2-5-16-8-12(13)15;13-10-5-14-2-1-11(10)15-3-4-16-9(6-15)7-18-8-12(16)17;2*13-11-7-14-2-1-12(11)16-4-3-15-5-6-17-9-10(15)8-16/h1,4,11-12H,2-3,5-10,15H2;2,5,8,11H,3-4,6-7,9-10,15H2,1H3;1-2,5,9H,3-4,6-8,13H2;2*1-2,7,10H,3-6,8-9,13H2/t;;;2*10-/m...10/s1. The van der Waals surface area contributed by atoms with Crippen LogP contribution in [0.15, 0.2) is 92.3 Å². The van der Waals surface area contributed by atoms with E-state index in [9.17, 15) is 13.2 Å². The molecule has 500 valence electrons. The highest BCUT2D eigenvalue weighted by Gasteiger charge is 2.43. The van der Waals surface area contributed by atoms with Gasteiger partial charge in [-0.25, -0.2) is 8.42 Å². The first-order valence-corrected chi connectivity index (χ1v) is 34.1. The number of morpholine rings is 4. The van der Waals surface area contributed by atoms with Crippen LogP contribution < -0.4 is 53.2 Å². The molecule has 10 saturated heterocycles. The summed E-state index contributed by atoms with van der Waals surface area (Å²) in [5, 5.41) is -0.301. The Morgan fingerprint density at radius 1 is 0.435 bits per heavy atom. The van der Waals surface area contributed by atoms with Crippen molar-refractivity contribution in [1.82, 2.24) is 43.9 Å². The monoisotopic (exact) mass is 1290 g/mol. The van der Waals surface area contributed by atoms with E-state index in [1.165, 1.54) is 12.8 Å². The van der Waals surface area contributed by atoms with Gasteiger partial charge in [0.05, 0.1) is 171 Å². The molecule has 15 heterocycles. The number of fused-ring (bicyclic) bond motifs is 3. The number of ether oxygens (including phenoxy) is 5. The van der Waals surface area contributed by atoms with Crippen LogP contribution >= 0.6 is 0 Å². The Hall–Kier alpha value is -7.15. The fourth-order valence-corrected chi connectivity index (χ4v) is 16.0. The molecule has 1 unspecified atom stereocenters. The maximum atomic E-state index is 12.7. The molecule has 10 fully saturated rings. The second-order valence-corrected chi connectivity index (χ2v) is 27.7. The highest BCUT2D eigenvalue weighted by atomic mass is 32.2. The van der Waals surface area contributed by atoms with Crippen LogP contribution in [0.25, 0.3) is 0 Å². The van der Waals surface area contributed by atoms with Crippen LogP contribution in [0.4, 0.5) is 56.9 Å². The van der Waals surface area contributed by atoms with Gasteiger partial charge in [0.25, 0.3) is 0 Å². The molecule has 15 rings (SSSR count). The van der Waals surface area contributed by atoms with Gasteiger partial charge >= 0.3 is 0 Å². The number of carbonyl (C=O) groups is 1. The Morgan fingerprint density at radius 3 is 1.23 bits per heavy atom. The van der Waals surface area contributed by atoms with Gasteiger partial charge in [0.15, 0.2) is 0 Å². The Bertz CT molecular complexity index is 3210. The number of nitrogens with two attached hydrogens (primary N) is 5. The molecule has 3 atom stereocenters. The zero-order chi connectivity index (χ0) is 64.0. The Labute approximate surface area is 541 Å². The molecule has 0 radical (unpaired) electrons. The topological polar surface area (TPSA) is 321 Å². The second-order valence-electron chi connectivity index (χ2n) is 25.4. The van der Waals surface area contributed by atoms with Gasteiger partial charge in [0.1, 0.15) is 6.61 Å². The summed E-state index contributed by atoms with van der Waals surface area (Å²) in [4.78, 5) is 50.1. The van der Waals surface area contributed by atoms with E-state index in [1.807, 2.05) is 41.4 Å². The van der Waals surface area contributed by atoms with E-state index in [0.717, 1.165) is 176 Å². The van der Waals surface area contributed by atoms with Crippen molar-refractivity contribution in [2.45, 2.75) is 56.0 Å². The van der Waals surface area contributed by atoms with Gasteiger partial charge in [-0.3, -0.25) is 39.5 Å². The minimum atomic E-state index is -3.22. The largest absolute Gasteiger partial charge is 0.396 e. The van der Waals surface area contributed by atoms with Crippen LogP contribution in [0.5, 0.6) is 0 Å². The van der Waals surface area contributed by atoms with Gasteiger partial charge in [-0.2, -0.15) is 4.31 Å². The summed E-state index contributed by atoms with van der Waals surface area (Å²) in [5.74, 6) is 0.888. The van der Waals surface area contributed by atoms with Crippen molar-refractivity contribution in [2.75, 3.05) is 230 Å². The molecule has 0 bridgehead atoms. The summed E-state index contributed by atoms with van der Waals surface area (Å²) in [5.41, 5.74) is 39.1. The Morgan fingerprint density at radius 2 is 0.815 bits per heavy atom. The number of carbonyl (C=O) groups excluding carboxylic acids is 1. The Kier molecular flexibility index (Phi) is 22.5. The highest BCUT2D eigenvalue weighted by molar-refractivity contribution is 7.89. The minimum Gasteiger partial charge on any atom is -0.396 e. The van der Waals surface area contributed by atoms with Crippen molar-refractivity contribution in [3.05, 3.63) is 92.3 Å². The van der Waals surface area contributed by atoms with Crippen molar-refractivity contribution in [2.24, 2.45) is 11.3 Å². The van der Waals surface area contributed by atoms with Crippen molar-refractivity contribution >= 4 is 72.8 Å². The molecule has 92 heavy (non-hydrogen) atoms. The van der Waals surface area contributed by atoms with Crippen LogP contribution in [-0.4, -0.2) is 259 Å². The number of rotatable bonds is 8. The quantitative estimate of drug-likeness (QED) is 0.149. The molecule has 10 aliphatic heterocycles. The first kappa shape index (κ1) is 66.3. The van der Waals surface area contributed by atoms with E-state index >= 15 is 0 Å². The number of piperidine rings is 2. The highest BCUT2D eigenvalue weighted by Crippen LogP contribution is 2.42. The number of hydrogen-bond acceptors (Lipinski definition) is 25. The predicted molar refractivity (Wildman–Crippen MR) is 359 cm³/mol. The lowest BCUT2D eigenvalue weighted by Crippen LogP contribution is -2.60. The summed E-state index contributed by atoms with van der Waals surface area (Å²) in [6, 6.07) is 10.9. The van der Waals surface area contributed by atoms with Crippen molar-refractivity contribution in [3.63, 3.8) is 0 Å². The molecular formula is C64H95N19O8S. The lowest BCUT2D eigenvalue weighted by molar-refractivity contribution is -0.148. The fraction of sp³-hybridized carbons (Fsp3) is 0.594. The van der Waals surface area contributed by atoms with Gasteiger partial charge in [-0.1, -0.05) is 6.92 Å². The molecule has 28 heteroatoms. The minimum absolute atomic E-state index is 0.0913. The number of piperazine rings is 3. The molecule has 5 aromatic heterocycles. The number of pyridine rings is 5. The SMILES string of the molecule is CC1(C2CCN(c3ccncc3N)CC2)COC1.Nc1cnccc1N1CCC(S(=O)(=O)N2CCOCC2)CC1.Nc1cnccc1N1CCN2C(=O)COCC2C1.Nc1cnccc1N1CCN2CCOC[C@@H]2C1.Nc1cnccc1N1CCN2CCOC[C@H]2C1. The molecule has 0 saturated carbocycles. The molecule has 27 nitrogen and oxygen atoms in total. The number of anilines is 10. The van der Waals surface area contributed by atoms with E-state index < -0.39 is 10.0 Å². The average Bonchev–Trinajstić information content (AvgIpc) is 1.17. The number of amides is 1. The van der Waals surface area contributed by atoms with Crippen LogP contribution in [0.2, 0.25) is 0 Å². The third-order valence-corrected chi connectivity index (χ3v) is 22.0. The average molecular weight is 1290 g/mol. The maximum Gasteiger partial charge on any atom is 0.249 e. The van der Waals surface area contributed by atoms with Crippen LogP contribution in [0.1, 0.15) is 32.6 Å². The predicted octanol–water partition coefficient (Wildman–Crippen LogP) is 2.29. The third-order valence-electron chi connectivity index (χ3n) is 19.6. The van der Waals surface area contributed by atoms with Crippen LogP contribution in [-0.2, 0) is 38.5 Å². The maximum absolute atomic E-state index is 12.7. The zero-order valence-electron chi connectivity index (χ0n) is 53.3. The van der Waals surface area contributed by atoms with E-state index in [0.29, 0.717) is 87.7 Å². The third kappa shape index (κ3) is 16.2. The molecule has 10 aliphatic rings. The second kappa shape index (κ2) is 31.2. The first-order chi connectivity index (χ1) is 44.7. The first-order valence-electron chi connectivity index (χ1n) is 32.6. The smallest absolute Gasteiger partial charge is 0.249 e. The van der Waals surface area contributed by atoms with Crippen LogP contribution in [0, 0.1) is 11.3 Å². The fourth-order valence-electron chi connectivity index (χ4n) is 14.2. The number of nitrogens with zero attached hydrogens (tertiary/aromatic N) is 14. The number of hydrogen-bond donors (Lipinski definition) is 5. The number of nitrogen functional groups attached to an aromatic ring is 5. The summed E-state index contributed by atoms with van der Waals surface area (Å²) in [6.07, 6.45) is 21.1. The molecule has 0 aromatic carbocycles. The van der Waals surface area contributed by atoms with Crippen molar-refractivity contribution < 1.29 is 36.9 Å². The van der Waals surface area contributed by atoms with E-state index in [-0.39, 0.29) is 23.8 Å². The van der Waals surface area contributed by atoms with E-state index in [4.69, 9.17) is 52.4 Å². The molecule has 0 spiro atoms. The summed E-state index contributed by atoms with van der Waals surface area (Å²) >= 11 is 0. The van der Waals surface area contributed by atoms with Gasteiger partial charge in [-0.15, -0.1) is 0 Å².